The molecule has 0 unspecified atom stereocenters. The van der Waals surface area contributed by atoms with E-state index in [0.717, 1.165) is 24.3 Å². The standard InChI is InChI=1S/2C6H6ClFN2/c2*7-4-1-3(8)2-5(9)6(4)10/h2*1-2H,9-10H2. The van der Waals surface area contributed by atoms with Crippen LogP contribution in [0.25, 0.3) is 0 Å². The molecule has 2 rings (SSSR count). The van der Waals surface area contributed by atoms with Crippen LogP contribution in [0.15, 0.2) is 24.3 Å². The summed E-state index contributed by atoms with van der Waals surface area (Å²) in [5.74, 6) is -0.951. The van der Waals surface area contributed by atoms with Crippen molar-refractivity contribution in [3.05, 3.63) is 45.9 Å². The maximum Gasteiger partial charge on any atom is 0.126 e. The third kappa shape index (κ3) is 4.04. The van der Waals surface area contributed by atoms with Gasteiger partial charge in [0.2, 0.25) is 0 Å². The van der Waals surface area contributed by atoms with Gasteiger partial charge in [0.25, 0.3) is 0 Å². The molecule has 8 heteroatoms. The highest BCUT2D eigenvalue weighted by atomic mass is 35.5. The average molecular weight is 321 g/mol. The number of rotatable bonds is 0. The largest absolute Gasteiger partial charge is 0.397 e. The predicted molar refractivity (Wildman–Crippen MR) is 80.5 cm³/mol. The Morgan fingerprint density at radius 1 is 0.650 bits per heavy atom. The highest BCUT2D eigenvalue weighted by molar-refractivity contribution is 6.34. The summed E-state index contributed by atoms with van der Waals surface area (Å²) in [6, 6.07) is 4.49. The van der Waals surface area contributed by atoms with Crippen molar-refractivity contribution in [1.82, 2.24) is 0 Å². The van der Waals surface area contributed by atoms with Crippen molar-refractivity contribution in [2.24, 2.45) is 0 Å². The molecule has 0 radical (unpaired) electrons. The van der Waals surface area contributed by atoms with Crippen LogP contribution in [-0.2, 0) is 0 Å². The minimum Gasteiger partial charge on any atom is -0.397 e. The normalized spacial score (nSPS) is 9.80. The number of nitrogens with two attached hydrogens (primary N) is 4. The highest BCUT2D eigenvalue weighted by Gasteiger charge is 2.02. The second-order valence-electron chi connectivity index (χ2n) is 3.78. The van der Waals surface area contributed by atoms with E-state index >= 15 is 0 Å². The van der Waals surface area contributed by atoms with Gasteiger partial charge in [0.05, 0.1) is 32.8 Å². The van der Waals surface area contributed by atoms with Crippen molar-refractivity contribution < 1.29 is 8.78 Å². The molecule has 0 saturated carbocycles. The first-order chi connectivity index (χ1) is 9.22. The van der Waals surface area contributed by atoms with Gasteiger partial charge in [0.15, 0.2) is 0 Å². The van der Waals surface area contributed by atoms with E-state index in [9.17, 15) is 8.78 Å². The van der Waals surface area contributed by atoms with Crippen molar-refractivity contribution in [3.8, 4) is 0 Å². The minimum atomic E-state index is -0.475. The topological polar surface area (TPSA) is 104 Å². The molecule has 0 atom stereocenters. The number of benzene rings is 2. The van der Waals surface area contributed by atoms with E-state index in [4.69, 9.17) is 46.1 Å². The number of anilines is 4. The molecule has 108 valence electrons. The van der Waals surface area contributed by atoms with E-state index in [1.165, 1.54) is 0 Å². The van der Waals surface area contributed by atoms with Gasteiger partial charge in [-0.1, -0.05) is 23.2 Å². The Morgan fingerprint density at radius 3 is 1.20 bits per heavy atom. The summed E-state index contributed by atoms with van der Waals surface area (Å²) < 4.78 is 24.8. The van der Waals surface area contributed by atoms with Crippen LogP contribution in [0.4, 0.5) is 31.5 Å². The molecule has 0 aromatic heterocycles. The smallest absolute Gasteiger partial charge is 0.126 e. The molecule has 0 saturated heterocycles. The summed E-state index contributed by atoms with van der Waals surface area (Å²) in [4.78, 5) is 0. The number of nitrogen functional groups attached to an aromatic ring is 4. The molecule has 0 spiro atoms. The highest BCUT2D eigenvalue weighted by Crippen LogP contribution is 2.26. The minimum absolute atomic E-state index is 0.150. The molecule has 0 bridgehead atoms. The van der Waals surface area contributed by atoms with Crippen molar-refractivity contribution in [2.75, 3.05) is 22.9 Å². The predicted octanol–water partition coefficient (Wildman–Crippen LogP) is 3.29. The van der Waals surface area contributed by atoms with E-state index in [1.54, 1.807) is 0 Å². The molecule has 0 heterocycles. The van der Waals surface area contributed by atoms with Crippen LogP contribution in [0.5, 0.6) is 0 Å². The Morgan fingerprint density at radius 2 is 0.950 bits per heavy atom. The van der Waals surface area contributed by atoms with Crippen LogP contribution in [0, 0.1) is 11.6 Å². The number of halogens is 4. The van der Waals surface area contributed by atoms with E-state index in [2.05, 4.69) is 0 Å². The van der Waals surface area contributed by atoms with Crippen molar-refractivity contribution in [2.45, 2.75) is 0 Å². The van der Waals surface area contributed by atoms with E-state index in [1.807, 2.05) is 0 Å². The van der Waals surface area contributed by atoms with Gasteiger partial charge in [-0.05, 0) is 24.3 Å². The Bertz CT molecular complexity index is 533. The third-order valence-corrected chi connectivity index (χ3v) is 2.88. The first-order valence-corrected chi connectivity index (χ1v) is 5.98. The second kappa shape index (κ2) is 6.49. The average Bonchev–Trinajstić information content (AvgIpc) is 2.33. The molecular weight excluding hydrogens is 309 g/mol. The second-order valence-corrected chi connectivity index (χ2v) is 4.60. The van der Waals surface area contributed by atoms with Crippen LogP contribution in [-0.4, -0.2) is 0 Å². The fourth-order valence-electron chi connectivity index (χ4n) is 1.21. The monoisotopic (exact) mass is 320 g/mol. The van der Waals surface area contributed by atoms with Gasteiger partial charge in [-0.15, -0.1) is 0 Å². The maximum absolute atomic E-state index is 12.4. The van der Waals surface area contributed by atoms with Crippen LogP contribution in [0.2, 0.25) is 10.0 Å². The van der Waals surface area contributed by atoms with Crippen molar-refractivity contribution in [3.63, 3.8) is 0 Å². The quantitative estimate of drug-likeness (QED) is 0.559. The Hall–Kier alpha value is -1.92. The number of hydrogen-bond acceptors (Lipinski definition) is 4. The van der Waals surface area contributed by atoms with Gasteiger partial charge in [-0.3, -0.25) is 0 Å². The Labute approximate surface area is 124 Å². The van der Waals surface area contributed by atoms with Gasteiger partial charge in [-0.2, -0.15) is 0 Å². The first kappa shape index (κ1) is 16.1. The van der Waals surface area contributed by atoms with E-state index in [-0.39, 0.29) is 32.8 Å². The lowest BCUT2D eigenvalue weighted by molar-refractivity contribution is 0.628. The van der Waals surface area contributed by atoms with Gasteiger partial charge >= 0.3 is 0 Å². The zero-order chi connectivity index (χ0) is 15.4. The van der Waals surface area contributed by atoms with Crippen molar-refractivity contribution >= 4 is 46.0 Å². The zero-order valence-electron chi connectivity index (χ0n) is 10.1. The molecule has 2 aromatic carbocycles. The SMILES string of the molecule is Nc1cc(F)cc(Cl)c1N.Nc1cc(F)cc(Cl)c1N. The molecule has 0 amide bonds. The fraction of sp³-hybridized carbons (Fsp3) is 0. The third-order valence-electron chi connectivity index (χ3n) is 2.25. The molecule has 4 nitrogen and oxygen atoms in total. The van der Waals surface area contributed by atoms with Crippen LogP contribution in [0.1, 0.15) is 0 Å². The number of hydrogen-bond donors (Lipinski definition) is 4. The fourth-order valence-corrected chi connectivity index (χ4v) is 1.64. The van der Waals surface area contributed by atoms with E-state index in [0.29, 0.717) is 0 Å². The van der Waals surface area contributed by atoms with Gasteiger partial charge in [-0.25, -0.2) is 8.78 Å². The molecule has 8 N–H and O–H groups in total. The van der Waals surface area contributed by atoms with Gasteiger partial charge < -0.3 is 22.9 Å². The van der Waals surface area contributed by atoms with Crippen LogP contribution < -0.4 is 22.9 Å². The van der Waals surface area contributed by atoms with Gasteiger partial charge in [0, 0.05) is 0 Å². The molecule has 2 aromatic rings. The lowest BCUT2D eigenvalue weighted by atomic mass is 10.3. The first-order valence-electron chi connectivity index (χ1n) is 5.22. The maximum atomic E-state index is 12.4. The van der Waals surface area contributed by atoms with Crippen LogP contribution in [0.3, 0.4) is 0 Å². The molecular formula is C12H12Cl2F2N4. The lowest BCUT2D eigenvalue weighted by Gasteiger charge is -2.00. The molecule has 0 fully saturated rings. The Kier molecular flexibility index (Phi) is 5.24. The summed E-state index contributed by atoms with van der Waals surface area (Å²) in [5, 5.41) is 0.301. The van der Waals surface area contributed by atoms with Crippen LogP contribution >= 0.6 is 23.2 Å². The van der Waals surface area contributed by atoms with E-state index < -0.39 is 11.6 Å². The summed E-state index contributed by atoms with van der Waals surface area (Å²) in [6.07, 6.45) is 0. The molecule has 0 aliphatic heterocycles. The summed E-state index contributed by atoms with van der Waals surface area (Å²) in [5.41, 5.74) is 22.0. The summed E-state index contributed by atoms with van der Waals surface area (Å²) in [6.45, 7) is 0. The molecule has 20 heavy (non-hydrogen) atoms. The molecule has 0 aliphatic carbocycles. The van der Waals surface area contributed by atoms with Gasteiger partial charge in [0.1, 0.15) is 11.6 Å². The van der Waals surface area contributed by atoms with Crippen molar-refractivity contribution in [1.29, 1.82) is 0 Å². The summed E-state index contributed by atoms with van der Waals surface area (Å²) in [7, 11) is 0. The Balaban J connectivity index is 0.000000200. The lowest BCUT2D eigenvalue weighted by Crippen LogP contribution is -1.95. The summed E-state index contributed by atoms with van der Waals surface area (Å²) >= 11 is 10.9. The zero-order valence-corrected chi connectivity index (χ0v) is 11.6. The molecule has 0 aliphatic rings.